The van der Waals surface area contributed by atoms with Gasteiger partial charge in [0.15, 0.2) is 23.3 Å². The van der Waals surface area contributed by atoms with Gasteiger partial charge in [-0.3, -0.25) is 0 Å². The van der Waals surface area contributed by atoms with Crippen molar-refractivity contribution in [3.63, 3.8) is 0 Å². The van der Waals surface area contributed by atoms with Crippen molar-refractivity contribution in [2.75, 3.05) is 0 Å². The van der Waals surface area contributed by atoms with Crippen LogP contribution >= 0.6 is 0 Å². The van der Waals surface area contributed by atoms with Crippen molar-refractivity contribution in [2.45, 2.75) is 38.5 Å². The van der Waals surface area contributed by atoms with E-state index in [1.807, 2.05) is 48.0 Å². The molecule has 0 atom stereocenters. The van der Waals surface area contributed by atoms with Crippen molar-refractivity contribution in [3.8, 4) is 23.3 Å². The molecule has 0 saturated heterocycles. The molecular formula is C20H26N8. The SMILES string of the molecule is Cn1ccnc1-c1ncc(C(C)(C)C(C)(C)c2cnc(-c3nccn3C)[nH]2)[nH]1. The first-order valence-corrected chi connectivity index (χ1v) is 9.28. The second-order valence-corrected chi connectivity index (χ2v) is 8.26. The zero-order valence-electron chi connectivity index (χ0n) is 17.1. The average molecular weight is 378 g/mol. The molecule has 8 nitrogen and oxygen atoms in total. The van der Waals surface area contributed by atoms with E-state index in [9.17, 15) is 0 Å². The predicted octanol–water partition coefficient (Wildman–Crippen LogP) is 3.19. The topological polar surface area (TPSA) is 93.0 Å². The lowest BCUT2D eigenvalue weighted by Gasteiger charge is -2.40. The van der Waals surface area contributed by atoms with E-state index in [1.165, 1.54) is 0 Å². The molecule has 0 amide bonds. The van der Waals surface area contributed by atoms with Crippen molar-refractivity contribution >= 4 is 0 Å². The van der Waals surface area contributed by atoms with Gasteiger partial charge in [-0.2, -0.15) is 0 Å². The summed E-state index contributed by atoms with van der Waals surface area (Å²) in [6.45, 7) is 8.85. The fourth-order valence-corrected chi connectivity index (χ4v) is 3.37. The van der Waals surface area contributed by atoms with Crippen molar-refractivity contribution in [1.29, 1.82) is 0 Å². The lowest BCUT2D eigenvalue weighted by atomic mass is 9.64. The Kier molecular flexibility index (Phi) is 4.02. The summed E-state index contributed by atoms with van der Waals surface area (Å²) in [6.07, 6.45) is 11.2. The number of H-pyrrole nitrogens is 2. The second kappa shape index (κ2) is 6.19. The van der Waals surface area contributed by atoms with E-state index >= 15 is 0 Å². The standard InChI is InChI=1S/C20H26N8/c1-19(2,13-11-23-15(25-13)17-21-7-9-27(17)5)20(3,4)14-12-24-16(26-14)18-22-8-10-28(18)6/h7-12H,1-6H3,(H,23,25)(H,24,26). The summed E-state index contributed by atoms with van der Waals surface area (Å²) in [6, 6.07) is 0. The number of aromatic amines is 2. The second-order valence-electron chi connectivity index (χ2n) is 8.26. The van der Waals surface area contributed by atoms with Crippen LogP contribution in [-0.4, -0.2) is 39.0 Å². The Morgan fingerprint density at radius 3 is 1.39 bits per heavy atom. The summed E-state index contributed by atoms with van der Waals surface area (Å²) in [5.74, 6) is 3.17. The zero-order valence-corrected chi connectivity index (χ0v) is 17.1. The number of nitrogens with one attached hydrogen (secondary N) is 2. The van der Waals surface area contributed by atoms with Crippen LogP contribution in [0.15, 0.2) is 37.2 Å². The average Bonchev–Trinajstić information content (AvgIpc) is 3.41. The van der Waals surface area contributed by atoms with Crippen LogP contribution in [0.25, 0.3) is 23.3 Å². The summed E-state index contributed by atoms with van der Waals surface area (Å²) in [4.78, 5) is 24.9. The molecule has 8 heteroatoms. The molecule has 0 bridgehead atoms. The van der Waals surface area contributed by atoms with Gasteiger partial charge in [-0.05, 0) is 0 Å². The lowest BCUT2D eigenvalue weighted by molar-refractivity contribution is 0.290. The number of hydrogen-bond acceptors (Lipinski definition) is 4. The van der Waals surface area contributed by atoms with Gasteiger partial charge in [0.2, 0.25) is 0 Å². The maximum atomic E-state index is 4.57. The van der Waals surface area contributed by atoms with Gasteiger partial charge < -0.3 is 19.1 Å². The maximum absolute atomic E-state index is 4.57. The van der Waals surface area contributed by atoms with Gasteiger partial charge in [0.1, 0.15) is 0 Å². The van der Waals surface area contributed by atoms with Crippen LogP contribution in [0, 0.1) is 0 Å². The molecule has 0 fully saturated rings. The van der Waals surface area contributed by atoms with Crippen molar-refractivity contribution in [2.24, 2.45) is 14.1 Å². The largest absolute Gasteiger partial charge is 0.339 e. The van der Waals surface area contributed by atoms with Crippen LogP contribution in [0.2, 0.25) is 0 Å². The predicted molar refractivity (Wildman–Crippen MR) is 108 cm³/mol. The number of hydrogen-bond donors (Lipinski definition) is 2. The summed E-state index contributed by atoms with van der Waals surface area (Å²) in [5, 5.41) is 0. The van der Waals surface area contributed by atoms with Crippen molar-refractivity contribution in [3.05, 3.63) is 48.6 Å². The quantitative estimate of drug-likeness (QED) is 0.558. The fraction of sp³-hybridized carbons (Fsp3) is 0.400. The third kappa shape index (κ3) is 2.67. The van der Waals surface area contributed by atoms with Crippen LogP contribution in [0.5, 0.6) is 0 Å². The first-order chi connectivity index (χ1) is 13.2. The maximum Gasteiger partial charge on any atom is 0.175 e. The monoisotopic (exact) mass is 378 g/mol. The molecule has 0 radical (unpaired) electrons. The Morgan fingerprint density at radius 2 is 1.07 bits per heavy atom. The molecule has 0 aliphatic heterocycles. The van der Waals surface area contributed by atoms with E-state index in [1.54, 1.807) is 12.4 Å². The van der Waals surface area contributed by atoms with Crippen LogP contribution < -0.4 is 0 Å². The number of aromatic nitrogens is 8. The molecule has 28 heavy (non-hydrogen) atoms. The Hall–Kier alpha value is -3.16. The van der Waals surface area contributed by atoms with Crippen LogP contribution in [0.1, 0.15) is 39.1 Å². The van der Waals surface area contributed by atoms with Crippen LogP contribution in [-0.2, 0) is 24.9 Å². The lowest BCUT2D eigenvalue weighted by Crippen LogP contribution is -2.41. The highest BCUT2D eigenvalue weighted by atomic mass is 15.1. The molecule has 0 spiro atoms. The van der Waals surface area contributed by atoms with Gasteiger partial charge in [0.05, 0.1) is 0 Å². The molecule has 0 unspecified atom stereocenters. The van der Waals surface area contributed by atoms with Gasteiger partial charge in [-0.25, -0.2) is 19.9 Å². The third-order valence-electron chi connectivity index (χ3n) is 6.13. The molecule has 4 rings (SSSR count). The van der Waals surface area contributed by atoms with E-state index < -0.39 is 0 Å². The summed E-state index contributed by atoms with van der Waals surface area (Å²) >= 11 is 0. The fourth-order valence-electron chi connectivity index (χ4n) is 3.37. The van der Waals surface area contributed by atoms with E-state index in [4.69, 9.17) is 0 Å². The summed E-state index contributed by atoms with van der Waals surface area (Å²) < 4.78 is 3.91. The molecule has 0 aliphatic rings. The Labute approximate surface area is 164 Å². The van der Waals surface area contributed by atoms with Gasteiger partial charge in [0.25, 0.3) is 0 Å². The number of aryl methyl sites for hydroxylation is 2. The minimum absolute atomic E-state index is 0.241. The van der Waals surface area contributed by atoms with Gasteiger partial charge >= 0.3 is 0 Å². The number of imidazole rings is 4. The van der Waals surface area contributed by atoms with Crippen LogP contribution in [0.3, 0.4) is 0 Å². The Bertz CT molecular complexity index is 1020. The minimum atomic E-state index is -0.241. The van der Waals surface area contributed by atoms with Crippen molar-refractivity contribution in [1.82, 2.24) is 39.0 Å². The number of nitrogens with zero attached hydrogens (tertiary/aromatic N) is 6. The zero-order chi connectivity index (χ0) is 20.1. The highest BCUT2D eigenvalue weighted by Gasteiger charge is 2.42. The number of rotatable bonds is 5. The van der Waals surface area contributed by atoms with Crippen molar-refractivity contribution < 1.29 is 0 Å². The Balaban J connectivity index is 1.69. The molecule has 146 valence electrons. The molecule has 4 aromatic rings. The molecule has 4 aromatic heterocycles. The van der Waals surface area contributed by atoms with Gasteiger partial charge in [-0.1, -0.05) is 27.7 Å². The first kappa shape index (κ1) is 18.2. The van der Waals surface area contributed by atoms with Gasteiger partial charge in [-0.15, -0.1) is 0 Å². The van der Waals surface area contributed by atoms with E-state index in [-0.39, 0.29) is 10.8 Å². The molecule has 0 saturated carbocycles. The smallest absolute Gasteiger partial charge is 0.175 e. The first-order valence-electron chi connectivity index (χ1n) is 9.28. The molecule has 0 aliphatic carbocycles. The molecule has 0 aromatic carbocycles. The molecular weight excluding hydrogens is 352 g/mol. The summed E-state index contributed by atoms with van der Waals surface area (Å²) in [7, 11) is 3.92. The van der Waals surface area contributed by atoms with E-state index in [2.05, 4.69) is 57.6 Å². The van der Waals surface area contributed by atoms with Gasteiger partial charge in [0, 0.05) is 73.5 Å². The highest BCUT2D eigenvalue weighted by molar-refractivity contribution is 5.47. The van der Waals surface area contributed by atoms with E-state index in [0.717, 1.165) is 34.7 Å². The molecule has 4 heterocycles. The summed E-state index contributed by atoms with van der Waals surface area (Å²) in [5.41, 5.74) is 1.61. The van der Waals surface area contributed by atoms with Crippen LogP contribution in [0.4, 0.5) is 0 Å². The highest BCUT2D eigenvalue weighted by Crippen LogP contribution is 2.43. The molecule has 2 N–H and O–H groups in total. The minimum Gasteiger partial charge on any atom is -0.339 e. The normalized spacial score (nSPS) is 12.6. The van der Waals surface area contributed by atoms with E-state index in [0.29, 0.717) is 0 Å². The Morgan fingerprint density at radius 1 is 0.679 bits per heavy atom. The third-order valence-corrected chi connectivity index (χ3v) is 6.13.